The van der Waals surface area contributed by atoms with Crippen LogP contribution in [0.25, 0.3) is 0 Å². The third-order valence-electron chi connectivity index (χ3n) is 1.74. The van der Waals surface area contributed by atoms with Gasteiger partial charge in [-0.05, 0) is 11.5 Å². The molecule has 17 heavy (non-hydrogen) atoms. The molecule has 0 bridgehead atoms. The fourth-order valence-corrected chi connectivity index (χ4v) is 3.18. The van der Waals surface area contributed by atoms with Crippen molar-refractivity contribution in [2.24, 2.45) is 0 Å². The Balaban J connectivity index is 2.80. The molecule has 0 aliphatic carbocycles. The topological polar surface area (TPSA) is 85.1 Å². The minimum atomic E-state index is -4.30. The minimum absolute atomic E-state index is 0.0363. The number of rotatable bonds is 4. The first-order valence-electron chi connectivity index (χ1n) is 4.37. The van der Waals surface area contributed by atoms with Crippen LogP contribution in [-0.2, 0) is 9.84 Å². The maximum absolute atomic E-state index is 11.9. The molecule has 0 aliphatic rings. The summed E-state index contributed by atoms with van der Waals surface area (Å²) in [6.45, 7) is -0.423. The maximum atomic E-state index is 11.9. The van der Waals surface area contributed by atoms with E-state index >= 15 is 0 Å². The summed E-state index contributed by atoms with van der Waals surface area (Å²) in [4.78, 5) is -0.246. The Kier molecular flexibility index (Phi) is 3.87. The van der Waals surface area contributed by atoms with Crippen LogP contribution in [0, 0.1) is 0 Å². The van der Waals surface area contributed by atoms with Crippen molar-refractivity contribution >= 4 is 32.2 Å². The molecule has 0 aromatic carbocycles. The van der Waals surface area contributed by atoms with Crippen LogP contribution < -0.4 is 11.1 Å². The summed E-state index contributed by atoms with van der Waals surface area (Å²) in [5, 5.41) is 2.41. The van der Waals surface area contributed by atoms with E-state index in [1.165, 1.54) is 0 Å². The lowest BCUT2D eigenvalue weighted by Crippen LogP contribution is -2.15. The lowest BCUT2D eigenvalue weighted by Gasteiger charge is -2.08. The van der Waals surface area contributed by atoms with Crippen LogP contribution in [-0.4, -0.2) is 31.8 Å². The molecule has 10 heteroatoms. The van der Waals surface area contributed by atoms with Crippen molar-refractivity contribution in [1.29, 1.82) is 0 Å². The van der Waals surface area contributed by atoms with Gasteiger partial charge in [0.05, 0.1) is 6.42 Å². The van der Waals surface area contributed by atoms with E-state index in [-0.39, 0.29) is 15.7 Å². The molecular weight excluding hydrogens is 279 g/mol. The van der Waals surface area contributed by atoms with Gasteiger partial charge in [-0.25, -0.2) is 8.42 Å². The number of nitrogen functional groups attached to an aromatic ring is 1. The van der Waals surface area contributed by atoms with Gasteiger partial charge in [0.2, 0.25) is 0 Å². The molecule has 0 fully saturated rings. The first kappa shape index (κ1) is 14.0. The molecule has 0 atom stereocenters. The predicted octanol–water partition coefficient (Wildman–Crippen LogP) is 1.49. The first-order valence-corrected chi connectivity index (χ1v) is 7.03. The molecule has 0 saturated carbocycles. The van der Waals surface area contributed by atoms with E-state index < -0.39 is 29.0 Å². The van der Waals surface area contributed by atoms with Crippen molar-refractivity contribution in [3.8, 4) is 0 Å². The van der Waals surface area contributed by atoms with E-state index in [1.807, 2.05) is 0 Å². The van der Waals surface area contributed by atoms with Crippen LogP contribution in [0.1, 0.15) is 6.42 Å². The average molecular weight is 289 g/mol. The zero-order valence-electron chi connectivity index (χ0n) is 8.71. The van der Waals surface area contributed by atoms with E-state index in [0.717, 1.165) is 17.8 Å². The van der Waals surface area contributed by atoms with Crippen molar-refractivity contribution < 1.29 is 21.6 Å². The smallest absolute Gasteiger partial charge is 0.382 e. The molecule has 0 unspecified atom stereocenters. The van der Waals surface area contributed by atoms with Crippen LogP contribution >= 0.6 is 11.5 Å². The summed E-state index contributed by atoms with van der Waals surface area (Å²) in [5.74, 6) is -0.202. The van der Waals surface area contributed by atoms with Crippen LogP contribution in [0.3, 0.4) is 0 Å². The van der Waals surface area contributed by atoms with Crippen LogP contribution in [0.15, 0.2) is 4.90 Å². The molecule has 0 spiro atoms. The Hall–Kier alpha value is -1.03. The standard InChI is InChI=1S/C7H10F3N3O2S2/c1-17(14,15)4-5(11)13-16-6(4)12-3-2-7(8,9)10/h12H,2-3H2,1H3,(H2,11,13). The van der Waals surface area contributed by atoms with Gasteiger partial charge in [0.15, 0.2) is 15.7 Å². The fraction of sp³-hybridized carbons (Fsp3) is 0.571. The highest BCUT2D eigenvalue weighted by Gasteiger charge is 2.27. The molecule has 0 saturated heterocycles. The van der Waals surface area contributed by atoms with Crippen LogP contribution in [0.5, 0.6) is 0 Å². The number of aromatic nitrogens is 1. The van der Waals surface area contributed by atoms with Crippen LogP contribution in [0.4, 0.5) is 24.0 Å². The Morgan fingerprint density at radius 3 is 2.53 bits per heavy atom. The molecule has 0 amide bonds. The van der Waals surface area contributed by atoms with E-state index in [4.69, 9.17) is 5.73 Å². The third-order valence-corrected chi connectivity index (χ3v) is 3.84. The molecule has 0 radical (unpaired) electrons. The number of alkyl halides is 3. The molecule has 0 aliphatic heterocycles. The number of hydrogen-bond donors (Lipinski definition) is 2. The molecule has 1 aromatic rings. The number of halogens is 3. The van der Waals surface area contributed by atoms with Crippen molar-refractivity contribution in [2.45, 2.75) is 17.5 Å². The zero-order valence-corrected chi connectivity index (χ0v) is 10.3. The Bertz CT molecular complexity index is 495. The van der Waals surface area contributed by atoms with Gasteiger partial charge in [0.25, 0.3) is 0 Å². The number of nitrogens with zero attached hydrogens (tertiary/aromatic N) is 1. The summed E-state index contributed by atoms with van der Waals surface area (Å²) < 4.78 is 61.9. The summed E-state index contributed by atoms with van der Waals surface area (Å²) in [6, 6.07) is 0. The highest BCUT2D eigenvalue weighted by molar-refractivity contribution is 7.91. The third kappa shape index (κ3) is 4.04. The summed E-state index contributed by atoms with van der Waals surface area (Å²) in [6.07, 6.45) is -4.44. The molecule has 3 N–H and O–H groups in total. The van der Waals surface area contributed by atoms with Crippen molar-refractivity contribution in [1.82, 2.24) is 4.37 Å². The van der Waals surface area contributed by atoms with E-state index in [9.17, 15) is 21.6 Å². The monoisotopic (exact) mass is 289 g/mol. The molecule has 1 aromatic heterocycles. The van der Waals surface area contributed by atoms with Gasteiger partial charge in [-0.1, -0.05) is 0 Å². The minimum Gasteiger partial charge on any atom is -0.382 e. The van der Waals surface area contributed by atoms with Crippen molar-refractivity contribution in [3.63, 3.8) is 0 Å². The lowest BCUT2D eigenvalue weighted by molar-refractivity contribution is -0.131. The Labute approximate surface area is 99.9 Å². The largest absolute Gasteiger partial charge is 0.390 e. The highest BCUT2D eigenvalue weighted by Crippen LogP contribution is 2.31. The Morgan fingerprint density at radius 1 is 1.47 bits per heavy atom. The lowest BCUT2D eigenvalue weighted by atomic mass is 10.4. The maximum Gasteiger partial charge on any atom is 0.390 e. The summed E-state index contributed by atoms with van der Waals surface area (Å²) in [7, 11) is -3.61. The van der Waals surface area contributed by atoms with Crippen molar-refractivity contribution in [2.75, 3.05) is 23.9 Å². The van der Waals surface area contributed by atoms with E-state index in [0.29, 0.717) is 0 Å². The molecular formula is C7H10F3N3O2S2. The predicted molar refractivity (Wildman–Crippen MR) is 58.8 cm³/mol. The molecule has 1 heterocycles. The van der Waals surface area contributed by atoms with Gasteiger partial charge in [-0.3, -0.25) is 0 Å². The van der Waals surface area contributed by atoms with Crippen LogP contribution in [0.2, 0.25) is 0 Å². The number of nitrogens with two attached hydrogens (primary N) is 1. The second-order valence-electron chi connectivity index (χ2n) is 3.29. The van der Waals surface area contributed by atoms with Crippen molar-refractivity contribution in [3.05, 3.63) is 0 Å². The quantitative estimate of drug-likeness (QED) is 0.877. The molecule has 1 rings (SSSR count). The first-order chi connectivity index (χ1) is 7.61. The SMILES string of the molecule is CS(=O)(=O)c1c(N)nsc1NCCC(F)(F)F. The van der Waals surface area contributed by atoms with E-state index in [1.54, 1.807) is 0 Å². The molecule has 5 nitrogen and oxygen atoms in total. The number of sulfone groups is 1. The van der Waals surface area contributed by atoms with Gasteiger partial charge >= 0.3 is 6.18 Å². The van der Waals surface area contributed by atoms with Gasteiger partial charge in [0, 0.05) is 12.8 Å². The fourth-order valence-electron chi connectivity index (χ4n) is 1.08. The second-order valence-corrected chi connectivity index (χ2v) is 6.02. The summed E-state index contributed by atoms with van der Waals surface area (Å²) in [5.41, 5.74) is 5.34. The molecule has 98 valence electrons. The zero-order chi connectivity index (χ0) is 13.3. The summed E-state index contributed by atoms with van der Waals surface area (Å²) >= 11 is 0.721. The number of hydrogen-bond acceptors (Lipinski definition) is 6. The normalized spacial score (nSPS) is 12.7. The number of nitrogens with one attached hydrogen (secondary N) is 1. The highest BCUT2D eigenvalue weighted by atomic mass is 32.2. The average Bonchev–Trinajstić information content (AvgIpc) is 2.43. The number of anilines is 2. The Morgan fingerprint density at radius 2 is 2.06 bits per heavy atom. The van der Waals surface area contributed by atoms with Gasteiger partial charge in [0.1, 0.15) is 9.90 Å². The second kappa shape index (κ2) is 4.69. The van der Waals surface area contributed by atoms with E-state index in [2.05, 4.69) is 9.69 Å². The van der Waals surface area contributed by atoms with Gasteiger partial charge in [-0.15, -0.1) is 0 Å². The van der Waals surface area contributed by atoms with Gasteiger partial charge in [-0.2, -0.15) is 17.5 Å². The van der Waals surface area contributed by atoms with Gasteiger partial charge < -0.3 is 11.1 Å².